The Morgan fingerprint density at radius 3 is 2.84 bits per heavy atom. The van der Waals surface area contributed by atoms with Gasteiger partial charge in [-0.3, -0.25) is 0 Å². The lowest BCUT2D eigenvalue weighted by Gasteiger charge is -2.27. The predicted octanol–water partition coefficient (Wildman–Crippen LogP) is 3.58. The zero-order chi connectivity index (χ0) is 13.7. The first-order chi connectivity index (χ1) is 9.22. The first-order valence-corrected chi connectivity index (χ1v) is 7.78. The second-order valence-corrected chi connectivity index (χ2v) is 5.78. The van der Waals surface area contributed by atoms with Gasteiger partial charge in [0.25, 0.3) is 0 Å². The molecule has 1 saturated carbocycles. The van der Waals surface area contributed by atoms with Gasteiger partial charge in [-0.1, -0.05) is 33.1 Å². The normalized spacial score (nSPS) is 23.5. The summed E-state index contributed by atoms with van der Waals surface area (Å²) in [5.41, 5.74) is 2.25. The Balaban J connectivity index is 2.11. The van der Waals surface area contributed by atoms with Gasteiger partial charge in [0.2, 0.25) is 0 Å². The van der Waals surface area contributed by atoms with Crippen LogP contribution in [0.1, 0.15) is 69.1 Å². The van der Waals surface area contributed by atoms with Crippen LogP contribution in [0.4, 0.5) is 0 Å². The van der Waals surface area contributed by atoms with E-state index in [0.29, 0.717) is 5.92 Å². The van der Waals surface area contributed by atoms with Gasteiger partial charge in [0, 0.05) is 18.2 Å². The van der Waals surface area contributed by atoms with E-state index in [4.69, 9.17) is 9.97 Å². The van der Waals surface area contributed by atoms with Gasteiger partial charge in [-0.15, -0.1) is 0 Å². The van der Waals surface area contributed by atoms with Crippen molar-refractivity contribution in [1.82, 2.24) is 15.3 Å². The van der Waals surface area contributed by atoms with Crippen LogP contribution in [0.5, 0.6) is 0 Å². The SMILES string of the molecule is CCNCc1cc(C)nc(C2CCCC(CC)C2)n1. The summed E-state index contributed by atoms with van der Waals surface area (Å²) in [5, 5.41) is 3.35. The molecule has 1 fully saturated rings. The molecule has 0 bridgehead atoms. The molecule has 1 aromatic rings. The lowest BCUT2D eigenvalue weighted by molar-refractivity contribution is 0.306. The summed E-state index contributed by atoms with van der Waals surface area (Å²) in [7, 11) is 0. The smallest absolute Gasteiger partial charge is 0.131 e. The zero-order valence-corrected chi connectivity index (χ0v) is 12.6. The highest BCUT2D eigenvalue weighted by molar-refractivity contribution is 5.13. The largest absolute Gasteiger partial charge is 0.311 e. The lowest BCUT2D eigenvalue weighted by atomic mass is 9.80. The fourth-order valence-electron chi connectivity index (χ4n) is 3.08. The summed E-state index contributed by atoms with van der Waals surface area (Å²) in [6.45, 7) is 8.36. The third-order valence-corrected chi connectivity index (χ3v) is 4.21. The molecule has 3 nitrogen and oxygen atoms in total. The Bertz CT molecular complexity index is 403. The Labute approximate surface area is 117 Å². The van der Waals surface area contributed by atoms with Crippen LogP contribution in [0.2, 0.25) is 0 Å². The van der Waals surface area contributed by atoms with E-state index >= 15 is 0 Å². The minimum atomic E-state index is 0.582. The van der Waals surface area contributed by atoms with Crippen molar-refractivity contribution in [1.29, 1.82) is 0 Å². The molecule has 1 aromatic heterocycles. The number of aromatic nitrogens is 2. The number of rotatable bonds is 5. The van der Waals surface area contributed by atoms with Crippen molar-refractivity contribution in [3.63, 3.8) is 0 Å². The van der Waals surface area contributed by atoms with Gasteiger partial charge >= 0.3 is 0 Å². The fraction of sp³-hybridized carbons (Fsp3) is 0.750. The maximum Gasteiger partial charge on any atom is 0.131 e. The van der Waals surface area contributed by atoms with E-state index in [1.165, 1.54) is 32.1 Å². The van der Waals surface area contributed by atoms with Gasteiger partial charge in [0.05, 0.1) is 5.69 Å². The molecule has 19 heavy (non-hydrogen) atoms. The number of hydrogen-bond donors (Lipinski definition) is 1. The molecule has 2 unspecified atom stereocenters. The molecule has 1 aliphatic carbocycles. The van der Waals surface area contributed by atoms with Crippen LogP contribution in [0.15, 0.2) is 6.07 Å². The molecule has 0 amide bonds. The summed E-state index contributed by atoms with van der Waals surface area (Å²) in [6.07, 6.45) is 6.57. The minimum Gasteiger partial charge on any atom is -0.311 e. The molecular weight excluding hydrogens is 234 g/mol. The van der Waals surface area contributed by atoms with E-state index in [-0.39, 0.29) is 0 Å². The highest BCUT2D eigenvalue weighted by Gasteiger charge is 2.24. The van der Waals surface area contributed by atoms with E-state index in [2.05, 4.69) is 32.2 Å². The highest BCUT2D eigenvalue weighted by Crippen LogP contribution is 2.36. The van der Waals surface area contributed by atoms with E-state index in [0.717, 1.165) is 36.2 Å². The zero-order valence-electron chi connectivity index (χ0n) is 12.6. The summed E-state index contributed by atoms with van der Waals surface area (Å²) in [6, 6.07) is 2.10. The summed E-state index contributed by atoms with van der Waals surface area (Å²) in [4.78, 5) is 9.49. The van der Waals surface area contributed by atoms with E-state index in [9.17, 15) is 0 Å². The van der Waals surface area contributed by atoms with E-state index < -0.39 is 0 Å². The Hall–Kier alpha value is -0.960. The standard InChI is InChI=1S/C16H27N3/c1-4-13-7-6-8-14(10-13)16-18-12(3)9-15(19-16)11-17-5-2/h9,13-14,17H,4-8,10-11H2,1-3H3. The van der Waals surface area contributed by atoms with Gasteiger partial charge < -0.3 is 5.32 Å². The molecular formula is C16H27N3. The quantitative estimate of drug-likeness (QED) is 0.880. The molecule has 0 spiro atoms. The second-order valence-electron chi connectivity index (χ2n) is 5.78. The van der Waals surface area contributed by atoms with Crippen LogP contribution in [-0.4, -0.2) is 16.5 Å². The maximum atomic E-state index is 4.79. The molecule has 0 aromatic carbocycles. The number of nitrogens with one attached hydrogen (secondary N) is 1. The summed E-state index contributed by atoms with van der Waals surface area (Å²) in [5.74, 6) is 2.55. The van der Waals surface area contributed by atoms with Crippen LogP contribution < -0.4 is 5.32 Å². The van der Waals surface area contributed by atoms with E-state index in [1.54, 1.807) is 0 Å². The van der Waals surface area contributed by atoms with Crippen LogP contribution in [0.25, 0.3) is 0 Å². The van der Waals surface area contributed by atoms with Crippen molar-refractivity contribution in [3.05, 3.63) is 23.3 Å². The molecule has 0 radical (unpaired) electrons. The van der Waals surface area contributed by atoms with Crippen LogP contribution in [-0.2, 0) is 6.54 Å². The average Bonchev–Trinajstić information content (AvgIpc) is 2.44. The van der Waals surface area contributed by atoms with Gasteiger partial charge in [-0.05, 0) is 38.3 Å². The lowest BCUT2D eigenvalue weighted by Crippen LogP contribution is -2.19. The Morgan fingerprint density at radius 2 is 2.11 bits per heavy atom. The van der Waals surface area contributed by atoms with Crippen LogP contribution in [0.3, 0.4) is 0 Å². The Morgan fingerprint density at radius 1 is 1.26 bits per heavy atom. The van der Waals surface area contributed by atoms with E-state index in [1.807, 2.05) is 0 Å². The molecule has 1 aliphatic rings. The number of hydrogen-bond acceptors (Lipinski definition) is 3. The second kappa shape index (κ2) is 6.99. The van der Waals surface area contributed by atoms with Crippen LogP contribution in [0, 0.1) is 12.8 Å². The van der Waals surface area contributed by atoms with Crippen molar-refractivity contribution in [2.45, 2.75) is 65.3 Å². The Kier molecular flexibility index (Phi) is 5.32. The van der Waals surface area contributed by atoms with Crippen molar-refractivity contribution < 1.29 is 0 Å². The fourth-order valence-corrected chi connectivity index (χ4v) is 3.08. The molecule has 1 heterocycles. The third-order valence-electron chi connectivity index (χ3n) is 4.21. The topological polar surface area (TPSA) is 37.8 Å². The minimum absolute atomic E-state index is 0.582. The third kappa shape index (κ3) is 4.00. The molecule has 0 aliphatic heterocycles. The molecule has 0 saturated heterocycles. The summed E-state index contributed by atoms with van der Waals surface area (Å²) >= 11 is 0. The van der Waals surface area contributed by atoms with Crippen molar-refractivity contribution >= 4 is 0 Å². The van der Waals surface area contributed by atoms with Gasteiger partial charge in [-0.2, -0.15) is 0 Å². The first-order valence-electron chi connectivity index (χ1n) is 7.78. The summed E-state index contributed by atoms with van der Waals surface area (Å²) < 4.78 is 0. The average molecular weight is 261 g/mol. The first kappa shape index (κ1) is 14.4. The monoisotopic (exact) mass is 261 g/mol. The molecule has 106 valence electrons. The van der Waals surface area contributed by atoms with Crippen LogP contribution >= 0.6 is 0 Å². The molecule has 2 atom stereocenters. The van der Waals surface area contributed by atoms with Gasteiger partial charge in [-0.25, -0.2) is 9.97 Å². The molecule has 2 rings (SSSR count). The van der Waals surface area contributed by atoms with Gasteiger partial charge in [0.1, 0.15) is 5.82 Å². The van der Waals surface area contributed by atoms with Crippen molar-refractivity contribution in [2.24, 2.45) is 5.92 Å². The number of aryl methyl sites for hydroxylation is 1. The molecule has 3 heteroatoms. The molecule has 1 N–H and O–H groups in total. The van der Waals surface area contributed by atoms with Crippen molar-refractivity contribution in [3.8, 4) is 0 Å². The predicted molar refractivity (Wildman–Crippen MR) is 79.1 cm³/mol. The van der Waals surface area contributed by atoms with Gasteiger partial charge in [0.15, 0.2) is 0 Å². The highest BCUT2D eigenvalue weighted by atomic mass is 14.9. The maximum absolute atomic E-state index is 4.79. The van der Waals surface area contributed by atoms with Crippen molar-refractivity contribution in [2.75, 3.05) is 6.54 Å². The number of nitrogens with zero attached hydrogens (tertiary/aromatic N) is 2.